The summed E-state index contributed by atoms with van der Waals surface area (Å²) in [4.78, 5) is 12.0. The summed E-state index contributed by atoms with van der Waals surface area (Å²) in [5.74, 6) is -2.17. The molecule has 2 rings (SSSR count). The number of hydrogen-bond acceptors (Lipinski definition) is 2. The van der Waals surface area contributed by atoms with E-state index >= 15 is 0 Å². The molecule has 0 aliphatic carbocycles. The van der Waals surface area contributed by atoms with E-state index in [0.717, 1.165) is 6.07 Å². The van der Waals surface area contributed by atoms with Crippen LogP contribution >= 0.6 is 11.6 Å². The highest BCUT2D eigenvalue weighted by Crippen LogP contribution is 2.28. The molecule has 0 bridgehead atoms. The van der Waals surface area contributed by atoms with E-state index in [1.807, 2.05) is 13.8 Å². The molecule has 0 atom stereocenters. The number of hydrogen-bond donors (Lipinski definition) is 1. The van der Waals surface area contributed by atoms with Crippen LogP contribution in [-0.2, 0) is 0 Å². The second kappa shape index (κ2) is 7.42. The Morgan fingerprint density at radius 2 is 2.00 bits per heavy atom. The van der Waals surface area contributed by atoms with Crippen molar-refractivity contribution in [3.63, 3.8) is 0 Å². The summed E-state index contributed by atoms with van der Waals surface area (Å²) in [5, 5.41) is 2.80. The van der Waals surface area contributed by atoms with Crippen LogP contribution in [0.3, 0.4) is 0 Å². The molecule has 1 amide bonds. The van der Waals surface area contributed by atoms with Gasteiger partial charge in [-0.1, -0.05) is 31.5 Å². The van der Waals surface area contributed by atoms with Crippen LogP contribution in [0.15, 0.2) is 36.4 Å². The van der Waals surface area contributed by atoms with Crippen molar-refractivity contribution >= 4 is 23.2 Å². The van der Waals surface area contributed by atoms with Gasteiger partial charge in [-0.15, -0.1) is 0 Å². The van der Waals surface area contributed by atoms with E-state index < -0.39 is 17.5 Å². The Morgan fingerprint density at radius 3 is 2.65 bits per heavy atom. The molecule has 2 aromatic carbocycles. The van der Waals surface area contributed by atoms with Crippen LogP contribution in [-0.4, -0.2) is 12.5 Å². The minimum absolute atomic E-state index is 0.322. The van der Waals surface area contributed by atoms with E-state index in [-0.39, 0.29) is 5.56 Å². The smallest absolute Gasteiger partial charge is 0.258 e. The molecular formula is C17H16ClF2NO2. The quantitative estimate of drug-likeness (QED) is 0.841. The van der Waals surface area contributed by atoms with Gasteiger partial charge in [0.15, 0.2) is 11.6 Å². The Bertz CT molecular complexity index is 720. The lowest BCUT2D eigenvalue weighted by molar-refractivity contribution is 0.102. The van der Waals surface area contributed by atoms with E-state index in [9.17, 15) is 13.6 Å². The van der Waals surface area contributed by atoms with Crippen molar-refractivity contribution in [2.24, 2.45) is 5.92 Å². The van der Waals surface area contributed by atoms with Gasteiger partial charge in [0.2, 0.25) is 0 Å². The van der Waals surface area contributed by atoms with Gasteiger partial charge in [-0.05, 0) is 36.2 Å². The Morgan fingerprint density at radius 1 is 1.26 bits per heavy atom. The molecule has 2 aromatic rings. The summed E-state index contributed by atoms with van der Waals surface area (Å²) in [6.45, 7) is 4.53. The summed E-state index contributed by atoms with van der Waals surface area (Å²) in [6.07, 6.45) is 0. The van der Waals surface area contributed by atoms with Crippen LogP contribution in [0, 0.1) is 17.6 Å². The Balaban J connectivity index is 2.12. The lowest BCUT2D eigenvalue weighted by Crippen LogP contribution is -2.14. The number of amides is 1. The lowest BCUT2D eigenvalue weighted by Gasteiger charge is -2.12. The van der Waals surface area contributed by atoms with Crippen molar-refractivity contribution in [3.8, 4) is 5.75 Å². The molecule has 0 fully saturated rings. The number of benzene rings is 2. The van der Waals surface area contributed by atoms with E-state index in [4.69, 9.17) is 16.3 Å². The zero-order valence-electron chi connectivity index (χ0n) is 12.7. The number of carbonyl (C=O) groups is 1. The predicted octanol–water partition coefficient (Wildman–Crippen LogP) is 4.91. The van der Waals surface area contributed by atoms with Crippen LogP contribution in [0.2, 0.25) is 5.02 Å². The number of rotatable bonds is 5. The van der Waals surface area contributed by atoms with Gasteiger partial charge in [0.1, 0.15) is 5.75 Å². The molecule has 0 spiro atoms. The summed E-state index contributed by atoms with van der Waals surface area (Å²) >= 11 is 6.09. The summed E-state index contributed by atoms with van der Waals surface area (Å²) in [6, 6.07) is 8.10. The van der Waals surface area contributed by atoms with E-state index in [1.165, 1.54) is 18.2 Å². The van der Waals surface area contributed by atoms with Crippen LogP contribution < -0.4 is 10.1 Å². The summed E-state index contributed by atoms with van der Waals surface area (Å²) in [5.41, 5.74) is -0.0122. The summed E-state index contributed by atoms with van der Waals surface area (Å²) in [7, 11) is 0. The Kier molecular flexibility index (Phi) is 5.55. The lowest BCUT2D eigenvalue weighted by atomic mass is 10.2. The molecule has 0 unspecified atom stereocenters. The maximum atomic E-state index is 13.6. The molecule has 122 valence electrons. The topological polar surface area (TPSA) is 38.3 Å². The van der Waals surface area contributed by atoms with Gasteiger partial charge in [-0.2, -0.15) is 0 Å². The van der Waals surface area contributed by atoms with Crippen molar-refractivity contribution in [2.75, 3.05) is 11.9 Å². The van der Waals surface area contributed by atoms with Crippen LogP contribution in [0.1, 0.15) is 24.2 Å². The zero-order valence-corrected chi connectivity index (χ0v) is 13.5. The van der Waals surface area contributed by atoms with Gasteiger partial charge in [-0.3, -0.25) is 4.79 Å². The Labute approximate surface area is 138 Å². The second-order valence-electron chi connectivity index (χ2n) is 5.41. The first-order valence-electron chi connectivity index (χ1n) is 7.06. The van der Waals surface area contributed by atoms with Crippen LogP contribution in [0.5, 0.6) is 5.75 Å². The van der Waals surface area contributed by atoms with E-state index in [0.29, 0.717) is 29.0 Å². The van der Waals surface area contributed by atoms with Gasteiger partial charge < -0.3 is 10.1 Å². The minimum Gasteiger partial charge on any atom is -0.492 e. The normalized spacial score (nSPS) is 10.7. The first-order valence-corrected chi connectivity index (χ1v) is 7.44. The molecule has 23 heavy (non-hydrogen) atoms. The second-order valence-corrected chi connectivity index (χ2v) is 5.81. The van der Waals surface area contributed by atoms with E-state index in [2.05, 4.69) is 5.32 Å². The third-order valence-corrected chi connectivity index (χ3v) is 3.25. The molecule has 0 saturated carbocycles. The van der Waals surface area contributed by atoms with Gasteiger partial charge in [0, 0.05) is 5.69 Å². The van der Waals surface area contributed by atoms with Gasteiger partial charge in [0.05, 0.1) is 17.2 Å². The maximum Gasteiger partial charge on any atom is 0.258 e. The molecule has 0 aliphatic heterocycles. The van der Waals surface area contributed by atoms with Crippen molar-refractivity contribution in [3.05, 3.63) is 58.6 Å². The fourth-order valence-corrected chi connectivity index (χ4v) is 2.06. The molecule has 1 N–H and O–H groups in total. The molecule has 6 heteroatoms. The molecule has 0 heterocycles. The predicted molar refractivity (Wildman–Crippen MR) is 86.1 cm³/mol. The largest absolute Gasteiger partial charge is 0.492 e. The highest BCUT2D eigenvalue weighted by atomic mass is 35.5. The standard InChI is InChI=1S/C17H16ClF2NO2/c1-10(2)9-23-15-7-6-11(8-13(15)18)21-17(22)12-4-3-5-14(19)16(12)20/h3-8,10H,9H2,1-2H3,(H,21,22). The third kappa shape index (κ3) is 4.42. The average Bonchev–Trinajstić information content (AvgIpc) is 2.49. The molecule has 0 aromatic heterocycles. The van der Waals surface area contributed by atoms with Crippen LogP contribution in [0.25, 0.3) is 0 Å². The SMILES string of the molecule is CC(C)COc1ccc(NC(=O)c2cccc(F)c2F)cc1Cl. The van der Waals surface area contributed by atoms with Gasteiger partial charge in [0.25, 0.3) is 5.91 Å². The fraction of sp³-hybridized carbons (Fsp3) is 0.235. The van der Waals surface area contributed by atoms with Crippen molar-refractivity contribution < 1.29 is 18.3 Å². The number of ether oxygens (including phenoxy) is 1. The van der Waals surface area contributed by atoms with Crippen molar-refractivity contribution in [1.29, 1.82) is 0 Å². The monoisotopic (exact) mass is 339 g/mol. The molecule has 0 radical (unpaired) electrons. The Hall–Kier alpha value is -2.14. The minimum atomic E-state index is -1.19. The van der Waals surface area contributed by atoms with E-state index in [1.54, 1.807) is 12.1 Å². The number of nitrogens with one attached hydrogen (secondary N) is 1. The zero-order chi connectivity index (χ0) is 17.0. The fourth-order valence-electron chi connectivity index (χ4n) is 1.83. The summed E-state index contributed by atoms with van der Waals surface area (Å²) < 4.78 is 32.3. The number of halogens is 3. The van der Waals surface area contributed by atoms with Gasteiger partial charge in [-0.25, -0.2) is 8.78 Å². The first-order chi connectivity index (χ1) is 10.9. The third-order valence-electron chi connectivity index (χ3n) is 2.96. The first kappa shape index (κ1) is 17.2. The highest BCUT2D eigenvalue weighted by molar-refractivity contribution is 6.32. The number of carbonyl (C=O) groups excluding carboxylic acids is 1. The highest BCUT2D eigenvalue weighted by Gasteiger charge is 2.15. The van der Waals surface area contributed by atoms with Gasteiger partial charge >= 0.3 is 0 Å². The molecule has 0 saturated heterocycles. The molecule has 3 nitrogen and oxygen atoms in total. The van der Waals surface area contributed by atoms with Crippen LogP contribution in [0.4, 0.5) is 14.5 Å². The molecular weight excluding hydrogens is 324 g/mol. The average molecular weight is 340 g/mol. The van der Waals surface area contributed by atoms with Crippen molar-refractivity contribution in [2.45, 2.75) is 13.8 Å². The molecule has 0 aliphatic rings. The van der Waals surface area contributed by atoms with Crippen molar-refractivity contribution in [1.82, 2.24) is 0 Å². The maximum absolute atomic E-state index is 13.6. The number of anilines is 1.